The van der Waals surface area contributed by atoms with E-state index in [9.17, 15) is 4.79 Å². The van der Waals surface area contributed by atoms with Crippen molar-refractivity contribution < 1.29 is 4.74 Å². The van der Waals surface area contributed by atoms with E-state index in [1.807, 2.05) is 47.0 Å². The molecular formula is C35H28N2O2. The molecule has 0 fully saturated rings. The van der Waals surface area contributed by atoms with Gasteiger partial charge in [0, 0.05) is 50.9 Å². The van der Waals surface area contributed by atoms with Crippen LogP contribution in [-0.2, 0) is 13.1 Å². The average molecular weight is 509 g/mol. The van der Waals surface area contributed by atoms with Crippen LogP contribution in [0.25, 0.3) is 54.6 Å². The number of ether oxygens (including phenoxy) is 1. The summed E-state index contributed by atoms with van der Waals surface area (Å²) in [5, 5.41) is 5.59. The quantitative estimate of drug-likeness (QED) is 0.236. The minimum absolute atomic E-state index is 0.0325. The third-order valence-corrected chi connectivity index (χ3v) is 7.89. The van der Waals surface area contributed by atoms with Gasteiger partial charge >= 0.3 is 0 Å². The second-order valence-electron chi connectivity index (χ2n) is 9.95. The number of hydrogen-bond donors (Lipinski definition) is 0. The SMILES string of the molecule is CCn1c2ccccc2c2c3c(-c4c(OC)ccc5ccccc45)cc(=O)n(Cc4ccccc4)c3ccc21. The average Bonchev–Trinajstić information content (AvgIpc) is 3.32. The second kappa shape index (κ2) is 9.17. The largest absolute Gasteiger partial charge is 0.496 e. The zero-order chi connectivity index (χ0) is 26.5. The van der Waals surface area contributed by atoms with E-state index >= 15 is 0 Å². The molecule has 190 valence electrons. The zero-order valence-corrected chi connectivity index (χ0v) is 22.0. The van der Waals surface area contributed by atoms with Crippen LogP contribution in [0.3, 0.4) is 0 Å². The van der Waals surface area contributed by atoms with Gasteiger partial charge in [0.25, 0.3) is 5.56 Å². The topological polar surface area (TPSA) is 36.2 Å². The van der Waals surface area contributed by atoms with Crippen LogP contribution < -0.4 is 10.3 Å². The van der Waals surface area contributed by atoms with Crippen molar-refractivity contribution in [2.24, 2.45) is 0 Å². The van der Waals surface area contributed by atoms with Crippen LogP contribution >= 0.6 is 0 Å². The van der Waals surface area contributed by atoms with E-state index in [2.05, 4.69) is 78.2 Å². The Bertz CT molecular complexity index is 2080. The lowest BCUT2D eigenvalue weighted by Crippen LogP contribution is -2.21. The summed E-state index contributed by atoms with van der Waals surface area (Å²) in [7, 11) is 1.70. The van der Waals surface area contributed by atoms with Gasteiger partial charge in [0.05, 0.1) is 19.2 Å². The highest BCUT2D eigenvalue weighted by Gasteiger charge is 2.21. The first kappa shape index (κ1) is 23.3. The molecular weight excluding hydrogens is 480 g/mol. The standard InChI is InChI=1S/C35H28N2O2/c1-3-36-28-16-10-9-15-26(28)34-29(36)18-19-30-35(34)27(21-32(38)37(30)22-23-11-5-4-6-12-23)33-25-14-8-7-13-24(25)17-20-31(33)39-2/h4-21H,3,22H2,1-2H3. The normalized spacial score (nSPS) is 11.6. The van der Waals surface area contributed by atoms with Crippen LogP contribution in [0.15, 0.2) is 114 Å². The molecule has 0 saturated heterocycles. The first-order valence-corrected chi connectivity index (χ1v) is 13.4. The van der Waals surface area contributed by atoms with E-state index in [1.165, 1.54) is 10.9 Å². The summed E-state index contributed by atoms with van der Waals surface area (Å²) >= 11 is 0. The zero-order valence-electron chi connectivity index (χ0n) is 22.0. The molecule has 0 amide bonds. The molecule has 39 heavy (non-hydrogen) atoms. The van der Waals surface area contributed by atoms with Crippen molar-refractivity contribution in [2.45, 2.75) is 20.0 Å². The maximum absolute atomic E-state index is 13.9. The molecule has 0 aliphatic carbocycles. The fourth-order valence-electron chi connectivity index (χ4n) is 6.18. The summed E-state index contributed by atoms with van der Waals surface area (Å²) in [5.41, 5.74) is 6.18. The number of para-hydroxylation sites is 1. The number of pyridine rings is 1. The highest BCUT2D eigenvalue weighted by Crippen LogP contribution is 2.44. The highest BCUT2D eigenvalue weighted by molar-refractivity contribution is 6.25. The molecule has 5 aromatic carbocycles. The summed E-state index contributed by atoms with van der Waals surface area (Å²) < 4.78 is 10.2. The number of methoxy groups -OCH3 is 1. The van der Waals surface area contributed by atoms with Crippen molar-refractivity contribution in [1.82, 2.24) is 9.13 Å². The van der Waals surface area contributed by atoms with Gasteiger partial charge in [-0.15, -0.1) is 0 Å². The molecule has 7 rings (SSSR count). The first-order valence-electron chi connectivity index (χ1n) is 13.4. The third-order valence-electron chi connectivity index (χ3n) is 7.89. The highest BCUT2D eigenvalue weighted by atomic mass is 16.5. The van der Waals surface area contributed by atoms with Crippen molar-refractivity contribution in [3.05, 3.63) is 125 Å². The van der Waals surface area contributed by atoms with Gasteiger partial charge in [-0.05, 0) is 47.5 Å². The summed E-state index contributed by atoms with van der Waals surface area (Å²) in [6.45, 7) is 3.54. The minimum Gasteiger partial charge on any atom is -0.496 e. The van der Waals surface area contributed by atoms with Crippen LogP contribution in [0.1, 0.15) is 12.5 Å². The molecule has 4 nitrogen and oxygen atoms in total. The van der Waals surface area contributed by atoms with E-state index < -0.39 is 0 Å². The Balaban J connectivity index is 1.71. The first-order chi connectivity index (χ1) is 19.2. The smallest absolute Gasteiger partial charge is 0.251 e. The van der Waals surface area contributed by atoms with Gasteiger partial charge in [-0.25, -0.2) is 0 Å². The number of hydrogen-bond acceptors (Lipinski definition) is 2. The summed E-state index contributed by atoms with van der Waals surface area (Å²) in [6, 6.07) is 37.3. The molecule has 0 N–H and O–H groups in total. The van der Waals surface area contributed by atoms with Gasteiger partial charge in [-0.2, -0.15) is 0 Å². The molecule has 0 aliphatic heterocycles. The molecule has 2 aromatic heterocycles. The van der Waals surface area contributed by atoms with Crippen molar-refractivity contribution >= 4 is 43.5 Å². The van der Waals surface area contributed by atoms with Gasteiger partial charge in [-0.1, -0.05) is 78.9 Å². The Hall–Kier alpha value is -4.83. The fraction of sp³-hybridized carbons (Fsp3) is 0.114. The van der Waals surface area contributed by atoms with Crippen LogP contribution in [0.5, 0.6) is 5.75 Å². The second-order valence-corrected chi connectivity index (χ2v) is 9.95. The number of nitrogens with zero attached hydrogens (tertiary/aromatic N) is 2. The van der Waals surface area contributed by atoms with Crippen molar-refractivity contribution in [2.75, 3.05) is 7.11 Å². The fourth-order valence-corrected chi connectivity index (χ4v) is 6.18. The molecule has 2 heterocycles. The van der Waals surface area contributed by atoms with E-state index in [4.69, 9.17) is 4.74 Å². The van der Waals surface area contributed by atoms with Gasteiger partial charge in [0.2, 0.25) is 0 Å². The van der Waals surface area contributed by atoms with E-state index in [1.54, 1.807) is 7.11 Å². The summed E-state index contributed by atoms with van der Waals surface area (Å²) in [4.78, 5) is 13.9. The predicted molar refractivity (Wildman–Crippen MR) is 162 cm³/mol. The lowest BCUT2D eigenvalue weighted by Gasteiger charge is -2.18. The van der Waals surface area contributed by atoms with Crippen molar-refractivity contribution in [3.63, 3.8) is 0 Å². The number of benzene rings is 5. The van der Waals surface area contributed by atoms with Crippen LogP contribution in [0.4, 0.5) is 0 Å². The molecule has 4 heteroatoms. The maximum Gasteiger partial charge on any atom is 0.251 e. The Labute approximate surface area is 226 Å². The lowest BCUT2D eigenvalue weighted by molar-refractivity contribution is 0.417. The van der Waals surface area contributed by atoms with Crippen LogP contribution in [-0.4, -0.2) is 16.2 Å². The third kappa shape index (κ3) is 3.56. The molecule has 0 spiro atoms. The van der Waals surface area contributed by atoms with Gasteiger partial charge < -0.3 is 13.9 Å². The Morgan fingerprint density at radius 1 is 0.667 bits per heavy atom. The maximum atomic E-state index is 13.9. The van der Waals surface area contributed by atoms with E-state index in [0.717, 1.165) is 61.6 Å². The molecule has 0 saturated carbocycles. The Kier molecular flexibility index (Phi) is 5.48. The van der Waals surface area contributed by atoms with E-state index in [0.29, 0.717) is 6.54 Å². The number of aromatic nitrogens is 2. The summed E-state index contributed by atoms with van der Waals surface area (Å²) in [5.74, 6) is 0.756. The lowest BCUT2D eigenvalue weighted by atomic mass is 9.92. The minimum atomic E-state index is -0.0325. The Morgan fingerprint density at radius 2 is 1.36 bits per heavy atom. The summed E-state index contributed by atoms with van der Waals surface area (Å²) in [6.07, 6.45) is 0. The molecule has 0 radical (unpaired) electrons. The van der Waals surface area contributed by atoms with Crippen molar-refractivity contribution in [3.8, 4) is 16.9 Å². The molecule has 7 aromatic rings. The molecule has 0 bridgehead atoms. The van der Waals surface area contributed by atoms with E-state index in [-0.39, 0.29) is 5.56 Å². The number of aryl methyl sites for hydroxylation is 1. The van der Waals surface area contributed by atoms with Gasteiger partial charge in [-0.3, -0.25) is 4.79 Å². The number of rotatable bonds is 5. The monoisotopic (exact) mass is 508 g/mol. The Morgan fingerprint density at radius 3 is 2.13 bits per heavy atom. The molecule has 0 unspecified atom stereocenters. The van der Waals surface area contributed by atoms with Crippen LogP contribution in [0, 0.1) is 0 Å². The predicted octanol–water partition coefficient (Wildman–Crippen LogP) is 8.01. The van der Waals surface area contributed by atoms with Gasteiger partial charge in [0.1, 0.15) is 5.75 Å². The van der Waals surface area contributed by atoms with Gasteiger partial charge in [0.15, 0.2) is 0 Å². The number of fused-ring (bicyclic) bond motifs is 6. The molecule has 0 aliphatic rings. The van der Waals surface area contributed by atoms with Crippen molar-refractivity contribution in [1.29, 1.82) is 0 Å². The van der Waals surface area contributed by atoms with Crippen LogP contribution in [0.2, 0.25) is 0 Å². The molecule has 0 atom stereocenters.